The Bertz CT molecular complexity index is 920. The van der Waals surface area contributed by atoms with E-state index in [9.17, 15) is 13.2 Å². The second-order valence-corrected chi connectivity index (χ2v) is 8.69. The molecule has 0 bridgehead atoms. The standard InChI is InChI=1S/C20H24N2O3S/c1-5-19(23)21-17-8-6-7-9-18(17)22(20(21)14(2)3)26(24,25)16-12-10-15(4)11-13-16/h6-14,20H,5H2,1-4H3. The molecule has 0 radical (unpaired) electrons. The zero-order valence-electron chi connectivity index (χ0n) is 15.5. The molecule has 2 aromatic rings. The number of sulfonamides is 1. The molecule has 1 amide bonds. The van der Waals surface area contributed by atoms with Crippen molar-refractivity contribution < 1.29 is 13.2 Å². The quantitative estimate of drug-likeness (QED) is 0.817. The van der Waals surface area contributed by atoms with Crippen LogP contribution in [0.5, 0.6) is 0 Å². The molecule has 0 fully saturated rings. The lowest BCUT2D eigenvalue weighted by atomic mass is 10.1. The van der Waals surface area contributed by atoms with Gasteiger partial charge in [-0.2, -0.15) is 0 Å². The van der Waals surface area contributed by atoms with Gasteiger partial charge >= 0.3 is 0 Å². The van der Waals surface area contributed by atoms with Crippen LogP contribution in [0.4, 0.5) is 11.4 Å². The number of hydrogen-bond donors (Lipinski definition) is 0. The molecular formula is C20H24N2O3S. The first-order chi connectivity index (χ1) is 12.3. The zero-order valence-corrected chi connectivity index (χ0v) is 16.3. The van der Waals surface area contributed by atoms with Crippen LogP contribution in [0.15, 0.2) is 53.4 Å². The van der Waals surface area contributed by atoms with Gasteiger partial charge < -0.3 is 0 Å². The molecule has 26 heavy (non-hydrogen) atoms. The van der Waals surface area contributed by atoms with Crippen LogP contribution in [0.25, 0.3) is 0 Å². The molecule has 1 aliphatic heterocycles. The van der Waals surface area contributed by atoms with Crippen molar-refractivity contribution in [3.05, 3.63) is 54.1 Å². The van der Waals surface area contributed by atoms with E-state index in [4.69, 9.17) is 0 Å². The van der Waals surface area contributed by atoms with Gasteiger partial charge in [-0.05, 0) is 37.1 Å². The highest BCUT2D eigenvalue weighted by Gasteiger charge is 2.46. The van der Waals surface area contributed by atoms with E-state index >= 15 is 0 Å². The molecule has 6 heteroatoms. The van der Waals surface area contributed by atoms with E-state index in [2.05, 4.69) is 0 Å². The molecule has 0 aliphatic carbocycles. The number of benzene rings is 2. The molecule has 2 aromatic carbocycles. The summed E-state index contributed by atoms with van der Waals surface area (Å²) >= 11 is 0. The van der Waals surface area contributed by atoms with Crippen LogP contribution in [0.2, 0.25) is 0 Å². The molecule has 0 N–H and O–H groups in total. The Morgan fingerprint density at radius 1 is 1.04 bits per heavy atom. The lowest BCUT2D eigenvalue weighted by Crippen LogP contribution is -2.51. The molecule has 0 spiro atoms. The molecular weight excluding hydrogens is 348 g/mol. The summed E-state index contributed by atoms with van der Waals surface area (Å²) in [6, 6.07) is 14.0. The Balaban J connectivity index is 2.21. The van der Waals surface area contributed by atoms with Gasteiger partial charge in [-0.25, -0.2) is 12.7 Å². The molecule has 1 heterocycles. The maximum atomic E-state index is 13.5. The van der Waals surface area contributed by atoms with Gasteiger partial charge in [0.1, 0.15) is 6.17 Å². The predicted molar refractivity (Wildman–Crippen MR) is 104 cm³/mol. The summed E-state index contributed by atoms with van der Waals surface area (Å²) in [7, 11) is -3.80. The average molecular weight is 372 g/mol. The fourth-order valence-electron chi connectivity index (χ4n) is 3.36. The minimum atomic E-state index is -3.80. The molecule has 3 rings (SSSR count). The van der Waals surface area contributed by atoms with Crippen LogP contribution in [-0.4, -0.2) is 20.5 Å². The number of aryl methyl sites for hydroxylation is 1. The summed E-state index contributed by atoms with van der Waals surface area (Å²) < 4.78 is 28.3. The van der Waals surface area contributed by atoms with Crippen LogP contribution >= 0.6 is 0 Å². The first-order valence-electron chi connectivity index (χ1n) is 8.81. The van der Waals surface area contributed by atoms with Gasteiger partial charge in [0.25, 0.3) is 10.0 Å². The Kier molecular flexibility index (Phi) is 4.80. The van der Waals surface area contributed by atoms with Gasteiger partial charge in [-0.1, -0.05) is 50.6 Å². The van der Waals surface area contributed by atoms with Crippen molar-refractivity contribution in [1.29, 1.82) is 0 Å². The molecule has 1 aliphatic rings. The van der Waals surface area contributed by atoms with Crippen LogP contribution in [-0.2, 0) is 14.8 Å². The Hall–Kier alpha value is -2.34. The van der Waals surface area contributed by atoms with Crippen molar-refractivity contribution in [1.82, 2.24) is 0 Å². The van der Waals surface area contributed by atoms with Crippen molar-refractivity contribution in [2.75, 3.05) is 9.21 Å². The van der Waals surface area contributed by atoms with Gasteiger partial charge in [0.05, 0.1) is 16.3 Å². The summed E-state index contributed by atoms with van der Waals surface area (Å²) in [6.45, 7) is 7.58. The minimum absolute atomic E-state index is 0.0712. The molecule has 0 aromatic heterocycles. The fourth-order valence-corrected chi connectivity index (χ4v) is 5.10. The monoisotopic (exact) mass is 372 g/mol. The van der Waals surface area contributed by atoms with Crippen molar-refractivity contribution in [2.24, 2.45) is 5.92 Å². The second-order valence-electron chi connectivity index (χ2n) is 6.88. The van der Waals surface area contributed by atoms with E-state index in [-0.39, 0.29) is 16.7 Å². The first kappa shape index (κ1) is 18.5. The van der Waals surface area contributed by atoms with Crippen molar-refractivity contribution in [2.45, 2.75) is 45.2 Å². The zero-order chi connectivity index (χ0) is 19.1. The minimum Gasteiger partial charge on any atom is -0.288 e. The number of carbonyl (C=O) groups excluding carboxylic acids is 1. The summed E-state index contributed by atoms with van der Waals surface area (Å²) in [5.74, 6) is -0.157. The summed E-state index contributed by atoms with van der Waals surface area (Å²) in [4.78, 5) is 14.5. The first-order valence-corrected chi connectivity index (χ1v) is 10.2. The predicted octanol–water partition coefficient (Wildman–Crippen LogP) is 3.93. The third kappa shape index (κ3) is 2.88. The lowest BCUT2D eigenvalue weighted by molar-refractivity contribution is -0.118. The third-order valence-electron chi connectivity index (χ3n) is 4.63. The van der Waals surface area contributed by atoms with Crippen LogP contribution in [0.1, 0.15) is 32.8 Å². The number of amides is 1. The highest BCUT2D eigenvalue weighted by Crippen LogP contribution is 2.45. The normalized spacial score (nSPS) is 16.9. The smallest absolute Gasteiger partial charge is 0.266 e. The Morgan fingerprint density at radius 2 is 1.62 bits per heavy atom. The van der Waals surface area contributed by atoms with E-state index in [1.54, 1.807) is 48.2 Å². The highest BCUT2D eigenvalue weighted by atomic mass is 32.2. The van der Waals surface area contributed by atoms with Gasteiger partial charge in [-0.3, -0.25) is 9.69 Å². The third-order valence-corrected chi connectivity index (χ3v) is 6.43. The molecule has 1 unspecified atom stereocenters. The van der Waals surface area contributed by atoms with E-state index in [1.807, 2.05) is 32.9 Å². The second kappa shape index (κ2) is 6.76. The van der Waals surface area contributed by atoms with E-state index < -0.39 is 16.2 Å². The maximum Gasteiger partial charge on any atom is 0.266 e. The summed E-state index contributed by atoms with van der Waals surface area (Å²) in [6.07, 6.45) is -0.262. The SMILES string of the molecule is CCC(=O)N1c2ccccc2N(S(=O)(=O)c2ccc(C)cc2)C1C(C)C. The topological polar surface area (TPSA) is 57.7 Å². The number of nitrogens with zero attached hydrogens (tertiary/aromatic N) is 2. The van der Waals surface area contributed by atoms with Gasteiger partial charge in [-0.15, -0.1) is 0 Å². The van der Waals surface area contributed by atoms with Crippen molar-refractivity contribution in [3.63, 3.8) is 0 Å². The van der Waals surface area contributed by atoms with Gasteiger partial charge in [0.2, 0.25) is 5.91 Å². The van der Waals surface area contributed by atoms with E-state index in [0.717, 1.165) is 5.56 Å². The van der Waals surface area contributed by atoms with Crippen LogP contribution in [0.3, 0.4) is 0 Å². The van der Waals surface area contributed by atoms with Crippen molar-refractivity contribution in [3.8, 4) is 0 Å². The van der Waals surface area contributed by atoms with Crippen molar-refractivity contribution >= 4 is 27.3 Å². The highest BCUT2D eigenvalue weighted by molar-refractivity contribution is 7.93. The number of rotatable bonds is 4. The largest absolute Gasteiger partial charge is 0.288 e. The average Bonchev–Trinajstić information content (AvgIpc) is 2.97. The summed E-state index contributed by atoms with van der Waals surface area (Å²) in [5.41, 5.74) is 2.19. The fraction of sp³-hybridized carbons (Fsp3) is 0.350. The Labute approximate surface area is 155 Å². The molecule has 0 saturated carbocycles. The van der Waals surface area contributed by atoms with Crippen LogP contribution in [0, 0.1) is 12.8 Å². The number of hydrogen-bond acceptors (Lipinski definition) is 3. The van der Waals surface area contributed by atoms with Crippen LogP contribution < -0.4 is 9.21 Å². The number of carbonyl (C=O) groups is 1. The number of fused-ring (bicyclic) bond motifs is 1. The molecule has 138 valence electrons. The maximum absolute atomic E-state index is 13.5. The number of para-hydroxylation sites is 2. The molecule has 0 saturated heterocycles. The van der Waals surface area contributed by atoms with Gasteiger partial charge in [0.15, 0.2) is 0 Å². The Morgan fingerprint density at radius 3 is 2.15 bits per heavy atom. The van der Waals surface area contributed by atoms with Gasteiger partial charge in [0, 0.05) is 6.42 Å². The number of anilines is 2. The summed E-state index contributed by atoms with van der Waals surface area (Å²) in [5, 5.41) is 0. The lowest BCUT2D eigenvalue weighted by Gasteiger charge is -2.34. The van der Waals surface area contributed by atoms with E-state index in [1.165, 1.54) is 4.31 Å². The molecule has 5 nitrogen and oxygen atoms in total. The molecule has 1 atom stereocenters. The van der Waals surface area contributed by atoms with E-state index in [0.29, 0.717) is 17.8 Å².